The van der Waals surface area contributed by atoms with Crippen molar-refractivity contribution in [2.24, 2.45) is 21.5 Å². The largest absolute Gasteiger partial charge is 0.507 e. The van der Waals surface area contributed by atoms with Crippen LogP contribution in [0.2, 0.25) is 0 Å². The SMILES string of the molecule is COc1ccc(O)c(C=NC(CCCN=C(N)N)C(=O)O)c1. The van der Waals surface area contributed by atoms with E-state index in [9.17, 15) is 9.90 Å². The summed E-state index contributed by atoms with van der Waals surface area (Å²) in [6.07, 6.45) is 2.08. The van der Waals surface area contributed by atoms with Gasteiger partial charge in [0.1, 0.15) is 17.5 Å². The third-order valence-corrected chi connectivity index (χ3v) is 2.84. The van der Waals surface area contributed by atoms with Gasteiger partial charge >= 0.3 is 5.97 Å². The number of carboxylic acids is 1. The monoisotopic (exact) mass is 308 g/mol. The molecule has 0 radical (unpaired) electrons. The minimum atomic E-state index is -1.05. The molecule has 22 heavy (non-hydrogen) atoms. The molecular formula is C14H20N4O4. The average Bonchev–Trinajstić information content (AvgIpc) is 2.47. The van der Waals surface area contributed by atoms with Gasteiger partial charge in [0.15, 0.2) is 5.96 Å². The zero-order valence-electron chi connectivity index (χ0n) is 12.3. The van der Waals surface area contributed by atoms with Gasteiger partial charge in [0, 0.05) is 18.3 Å². The van der Waals surface area contributed by atoms with Crippen LogP contribution in [-0.2, 0) is 4.79 Å². The molecule has 120 valence electrons. The van der Waals surface area contributed by atoms with Crippen LogP contribution < -0.4 is 16.2 Å². The molecule has 0 heterocycles. The molecule has 1 aromatic rings. The highest BCUT2D eigenvalue weighted by molar-refractivity contribution is 5.86. The zero-order chi connectivity index (χ0) is 16.5. The van der Waals surface area contributed by atoms with Crippen molar-refractivity contribution in [1.82, 2.24) is 0 Å². The Morgan fingerprint density at radius 3 is 2.77 bits per heavy atom. The minimum Gasteiger partial charge on any atom is -0.507 e. The van der Waals surface area contributed by atoms with Crippen LogP contribution in [0.4, 0.5) is 0 Å². The van der Waals surface area contributed by atoms with Gasteiger partial charge in [-0.2, -0.15) is 0 Å². The number of carbonyl (C=O) groups is 1. The number of methoxy groups -OCH3 is 1. The predicted octanol–water partition coefficient (Wildman–Crippen LogP) is 0.327. The zero-order valence-corrected chi connectivity index (χ0v) is 12.3. The van der Waals surface area contributed by atoms with Gasteiger partial charge < -0.3 is 26.4 Å². The lowest BCUT2D eigenvalue weighted by atomic mass is 10.1. The maximum atomic E-state index is 11.2. The molecule has 0 aliphatic rings. The molecule has 6 N–H and O–H groups in total. The van der Waals surface area contributed by atoms with Crippen LogP contribution in [0.15, 0.2) is 28.2 Å². The number of hydrogen-bond donors (Lipinski definition) is 4. The van der Waals surface area contributed by atoms with Gasteiger partial charge in [-0.25, -0.2) is 4.79 Å². The number of ether oxygens (including phenoxy) is 1. The lowest BCUT2D eigenvalue weighted by Crippen LogP contribution is -2.23. The lowest BCUT2D eigenvalue weighted by Gasteiger charge is -2.07. The van der Waals surface area contributed by atoms with Crippen LogP contribution in [0.1, 0.15) is 18.4 Å². The van der Waals surface area contributed by atoms with Crippen molar-refractivity contribution in [2.75, 3.05) is 13.7 Å². The van der Waals surface area contributed by atoms with Gasteiger partial charge in [0.25, 0.3) is 0 Å². The second-order valence-corrected chi connectivity index (χ2v) is 4.51. The van der Waals surface area contributed by atoms with Crippen molar-refractivity contribution >= 4 is 18.1 Å². The molecule has 0 fully saturated rings. The molecule has 8 nitrogen and oxygen atoms in total. The van der Waals surface area contributed by atoms with E-state index in [2.05, 4.69) is 9.98 Å². The third-order valence-electron chi connectivity index (χ3n) is 2.84. The average molecular weight is 308 g/mol. The van der Waals surface area contributed by atoms with Crippen molar-refractivity contribution in [3.05, 3.63) is 23.8 Å². The van der Waals surface area contributed by atoms with E-state index in [4.69, 9.17) is 21.3 Å². The Morgan fingerprint density at radius 2 is 2.18 bits per heavy atom. The molecule has 0 bridgehead atoms. The van der Waals surface area contributed by atoms with Crippen LogP contribution in [0.3, 0.4) is 0 Å². The van der Waals surface area contributed by atoms with Crippen molar-refractivity contribution in [1.29, 1.82) is 0 Å². The highest BCUT2D eigenvalue weighted by atomic mass is 16.5. The van der Waals surface area contributed by atoms with E-state index in [-0.39, 0.29) is 18.1 Å². The first-order valence-electron chi connectivity index (χ1n) is 6.62. The van der Waals surface area contributed by atoms with Gasteiger partial charge in [0.2, 0.25) is 0 Å². The second-order valence-electron chi connectivity index (χ2n) is 4.51. The number of rotatable bonds is 8. The van der Waals surface area contributed by atoms with Crippen molar-refractivity contribution in [3.8, 4) is 11.5 Å². The molecule has 1 unspecified atom stereocenters. The highest BCUT2D eigenvalue weighted by Crippen LogP contribution is 2.21. The van der Waals surface area contributed by atoms with E-state index < -0.39 is 12.0 Å². The molecule has 0 aromatic heterocycles. The van der Waals surface area contributed by atoms with Crippen LogP contribution in [0.25, 0.3) is 0 Å². The van der Waals surface area contributed by atoms with E-state index in [1.165, 1.54) is 19.4 Å². The molecule has 1 rings (SSSR count). The number of nitrogens with zero attached hydrogens (tertiary/aromatic N) is 2. The summed E-state index contributed by atoms with van der Waals surface area (Å²) in [5, 5.41) is 18.9. The van der Waals surface area contributed by atoms with Crippen molar-refractivity contribution < 1.29 is 19.7 Å². The van der Waals surface area contributed by atoms with Gasteiger partial charge in [0.05, 0.1) is 7.11 Å². The summed E-state index contributed by atoms with van der Waals surface area (Å²) >= 11 is 0. The van der Waals surface area contributed by atoms with E-state index in [1.54, 1.807) is 12.1 Å². The van der Waals surface area contributed by atoms with Crippen LogP contribution in [0.5, 0.6) is 11.5 Å². The Hall–Kier alpha value is -2.77. The molecule has 0 spiro atoms. The maximum absolute atomic E-state index is 11.2. The number of aliphatic carboxylic acids is 1. The smallest absolute Gasteiger partial charge is 0.328 e. The Kier molecular flexibility index (Phi) is 6.68. The Balaban J connectivity index is 2.74. The van der Waals surface area contributed by atoms with E-state index >= 15 is 0 Å². The molecule has 0 aliphatic heterocycles. The first-order valence-corrected chi connectivity index (χ1v) is 6.62. The molecule has 0 saturated heterocycles. The second kappa shape index (κ2) is 8.50. The van der Waals surface area contributed by atoms with Gasteiger partial charge in [-0.05, 0) is 31.0 Å². The number of hydrogen-bond acceptors (Lipinski definition) is 5. The fourth-order valence-electron chi connectivity index (χ4n) is 1.69. The Morgan fingerprint density at radius 1 is 1.45 bits per heavy atom. The van der Waals surface area contributed by atoms with Crippen LogP contribution in [-0.4, -0.2) is 48.1 Å². The maximum Gasteiger partial charge on any atom is 0.328 e. The molecule has 0 amide bonds. The number of nitrogens with two attached hydrogens (primary N) is 2. The Labute approximate surface area is 128 Å². The highest BCUT2D eigenvalue weighted by Gasteiger charge is 2.15. The lowest BCUT2D eigenvalue weighted by molar-refractivity contribution is -0.138. The number of guanidine groups is 1. The third kappa shape index (κ3) is 5.70. The number of aliphatic imine (C=N–C) groups is 2. The number of aromatic hydroxyl groups is 1. The number of phenols is 1. The molecule has 0 saturated carbocycles. The molecule has 8 heteroatoms. The minimum absolute atomic E-state index is 0.00538. The molecular weight excluding hydrogens is 288 g/mol. The quantitative estimate of drug-likeness (QED) is 0.309. The topological polar surface area (TPSA) is 144 Å². The Bertz CT molecular complexity index is 568. The summed E-state index contributed by atoms with van der Waals surface area (Å²) < 4.78 is 5.04. The number of benzene rings is 1. The first-order chi connectivity index (χ1) is 10.4. The summed E-state index contributed by atoms with van der Waals surface area (Å²) in [6, 6.07) is 3.68. The van der Waals surface area contributed by atoms with Crippen LogP contribution >= 0.6 is 0 Å². The molecule has 0 aliphatic carbocycles. The summed E-state index contributed by atoms with van der Waals surface area (Å²) in [6.45, 7) is 0.339. The van der Waals surface area contributed by atoms with E-state index in [0.29, 0.717) is 24.3 Å². The summed E-state index contributed by atoms with van der Waals surface area (Å²) in [5.74, 6) is -0.548. The van der Waals surface area contributed by atoms with Gasteiger partial charge in [-0.3, -0.25) is 9.98 Å². The van der Waals surface area contributed by atoms with Crippen LogP contribution in [0, 0.1) is 0 Å². The fourth-order valence-corrected chi connectivity index (χ4v) is 1.69. The first kappa shape index (κ1) is 17.3. The number of carboxylic acid groups (broad SMARTS) is 1. The standard InChI is InChI=1S/C14H20N4O4/c1-22-10-4-5-12(19)9(7-10)8-18-11(13(20)21)3-2-6-17-14(15)16/h4-5,7-8,11,19H,2-3,6H2,1H3,(H,20,21)(H4,15,16,17). The van der Waals surface area contributed by atoms with Gasteiger partial charge in [-0.1, -0.05) is 0 Å². The van der Waals surface area contributed by atoms with E-state index in [1.807, 2.05) is 0 Å². The molecule has 1 atom stereocenters. The predicted molar refractivity (Wildman–Crippen MR) is 83.6 cm³/mol. The summed E-state index contributed by atoms with van der Waals surface area (Å²) in [7, 11) is 1.50. The number of phenolic OH excluding ortho intramolecular Hbond substituents is 1. The van der Waals surface area contributed by atoms with Gasteiger partial charge in [-0.15, -0.1) is 0 Å². The summed E-state index contributed by atoms with van der Waals surface area (Å²) in [5.41, 5.74) is 10.8. The fraction of sp³-hybridized carbons (Fsp3) is 0.357. The van der Waals surface area contributed by atoms with Crippen molar-refractivity contribution in [3.63, 3.8) is 0 Å². The van der Waals surface area contributed by atoms with Crippen molar-refractivity contribution in [2.45, 2.75) is 18.9 Å². The summed E-state index contributed by atoms with van der Waals surface area (Å²) in [4.78, 5) is 18.9. The van der Waals surface area contributed by atoms with E-state index in [0.717, 1.165) is 0 Å². The normalized spacial score (nSPS) is 12.0. The molecule has 1 aromatic carbocycles.